The second kappa shape index (κ2) is 15.6. The second-order valence-electron chi connectivity index (χ2n) is 5.91. The van der Waals surface area contributed by atoms with E-state index in [1.54, 1.807) is 0 Å². The molecule has 0 saturated carbocycles. The van der Waals surface area contributed by atoms with Crippen LogP contribution in [0.15, 0.2) is 12.2 Å². The van der Waals surface area contributed by atoms with Gasteiger partial charge in [0.2, 0.25) is 0 Å². The summed E-state index contributed by atoms with van der Waals surface area (Å²) in [6.07, 6.45) is 17.3. The average molecular weight is 298 g/mol. The molecule has 1 unspecified atom stereocenters. The van der Waals surface area contributed by atoms with Gasteiger partial charge in [0, 0.05) is 6.42 Å². The van der Waals surface area contributed by atoms with Crippen LogP contribution in [-0.4, -0.2) is 22.3 Å². The molecule has 3 heteroatoms. The molecule has 0 saturated heterocycles. The highest BCUT2D eigenvalue weighted by molar-refractivity contribution is 5.66. The highest BCUT2D eigenvalue weighted by atomic mass is 16.4. The predicted molar refractivity (Wildman–Crippen MR) is 88.5 cm³/mol. The Morgan fingerprint density at radius 3 is 2.19 bits per heavy atom. The van der Waals surface area contributed by atoms with Gasteiger partial charge in [-0.25, -0.2) is 0 Å². The number of aliphatic carboxylic acids is 1. The molecular formula is C18H34O3. The standard InChI is InChI=1S/C18H34O3/c1-2-3-4-8-11-14-17(19)15-12-9-6-5-7-10-13-16-18(20)21/h8,11,17,19H,2-7,9-10,12-16H2,1H3,(H,20,21). The number of carboxylic acids is 1. The van der Waals surface area contributed by atoms with Crippen molar-refractivity contribution in [2.45, 2.75) is 96.5 Å². The minimum absolute atomic E-state index is 0.182. The van der Waals surface area contributed by atoms with E-state index in [4.69, 9.17) is 5.11 Å². The molecule has 0 aromatic rings. The zero-order valence-corrected chi connectivity index (χ0v) is 13.7. The van der Waals surface area contributed by atoms with E-state index in [0.717, 1.165) is 44.9 Å². The summed E-state index contributed by atoms with van der Waals surface area (Å²) >= 11 is 0. The monoisotopic (exact) mass is 298 g/mol. The van der Waals surface area contributed by atoms with E-state index in [0.29, 0.717) is 6.42 Å². The number of hydrogen-bond donors (Lipinski definition) is 2. The van der Waals surface area contributed by atoms with Crippen LogP contribution in [0.25, 0.3) is 0 Å². The van der Waals surface area contributed by atoms with Crippen LogP contribution >= 0.6 is 0 Å². The van der Waals surface area contributed by atoms with Gasteiger partial charge >= 0.3 is 5.97 Å². The summed E-state index contributed by atoms with van der Waals surface area (Å²) < 4.78 is 0. The van der Waals surface area contributed by atoms with Crippen LogP contribution in [0.5, 0.6) is 0 Å². The van der Waals surface area contributed by atoms with Crippen molar-refractivity contribution in [1.29, 1.82) is 0 Å². The van der Waals surface area contributed by atoms with Crippen molar-refractivity contribution in [3.8, 4) is 0 Å². The number of carbonyl (C=O) groups is 1. The van der Waals surface area contributed by atoms with E-state index in [-0.39, 0.29) is 6.10 Å². The molecule has 0 fully saturated rings. The summed E-state index contributed by atoms with van der Waals surface area (Å²) in [4.78, 5) is 10.3. The fourth-order valence-electron chi connectivity index (χ4n) is 2.35. The third-order valence-electron chi connectivity index (χ3n) is 3.73. The Morgan fingerprint density at radius 1 is 0.952 bits per heavy atom. The van der Waals surface area contributed by atoms with Gasteiger partial charge in [-0.05, 0) is 25.7 Å². The van der Waals surface area contributed by atoms with Gasteiger partial charge in [-0.2, -0.15) is 0 Å². The zero-order chi connectivity index (χ0) is 15.8. The van der Waals surface area contributed by atoms with Crippen molar-refractivity contribution >= 4 is 5.97 Å². The Balaban J connectivity index is 3.23. The topological polar surface area (TPSA) is 57.5 Å². The lowest BCUT2D eigenvalue weighted by Gasteiger charge is -2.07. The molecular weight excluding hydrogens is 264 g/mol. The van der Waals surface area contributed by atoms with Crippen molar-refractivity contribution in [2.24, 2.45) is 0 Å². The third-order valence-corrected chi connectivity index (χ3v) is 3.73. The maximum Gasteiger partial charge on any atom is 0.303 e. The fourth-order valence-corrected chi connectivity index (χ4v) is 2.35. The number of aliphatic hydroxyl groups is 1. The lowest BCUT2D eigenvalue weighted by atomic mass is 10.0. The normalized spacial score (nSPS) is 12.9. The minimum Gasteiger partial charge on any atom is -0.481 e. The van der Waals surface area contributed by atoms with E-state index in [9.17, 15) is 9.90 Å². The number of carboxylic acid groups (broad SMARTS) is 1. The molecule has 0 aliphatic heterocycles. The van der Waals surface area contributed by atoms with Crippen LogP contribution in [0, 0.1) is 0 Å². The van der Waals surface area contributed by atoms with Crippen molar-refractivity contribution < 1.29 is 15.0 Å². The van der Waals surface area contributed by atoms with E-state index in [1.165, 1.54) is 32.1 Å². The summed E-state index contributed by atoms with van der Waals surface area (Å²) in [7, 11) is 0. The van der Waals surface area contributed by atoms with E-state index in [1.807, 2.05) is 0 Å². The first kappa shape index (κ1) is 20.2. The van der Waals surface area contributed by atoms with Gasteiger partial charge in [0.05, 0.1) is 6.10 Å². The summed E-state index contributed by atoms with van der Waals surface area (Å²) in [6.45, 7) is 2.19. The van der Waals surface area contributed by atoms with Gasteiger partial charge in [-0.1, -0.05) is 70.4 Å². The first-order chi connectivity index (χ1) is 10.2. The molecule has 2 N–H and O–H groups in total. The zero-order valence-electron chi connectivity index (χ0n) is 13.7. The fraction of sp³-hybridized carbons (Fsp3) is 0.833. The molecule has 0 heterocycles. The van der Waals surface area contributed by atoms with Gasteiger partial charge in [-0.15, -0.1) is 0 Å². The molecule has 124 valence electrons. The van der Waals surface area contributed by atoms with Crippen molar-refractivity contribution in [3.63, 3.8) is 0 Å². The van der Waals surface area contributed by atoms with Gasteiger partial charge in [0.1, 0.15) is 0 Å². The van der Waals surface area contributed by atoms with E-state index < -0.39 is 5.97 Å². The highest BCUT2D eigenvalue weighted by Crippen LogP contribution is 2.12. The SMILES string of the molecule is CCCCC=CCC(O)CCCCCCCCCC(=O)O. The maximum atomic E-state index is 10.3. The van der Waals surface area contributed by atoms with Crippen LogP contribution in [0.3, 0.4) is 0 Å². The third kappa shape index (κ3) is 17.1. The van der Waals surface area contributed by atoms with Gasteiger partial charge in [-0.3, -0.25) is 4.79 Å². The number of hydrogen-bond acceptors (Lipinski definition) is 2. The van der Waals surface area contributed by atoms with Gasteiger partial charge in [0.15, 0.2) is 0 Å². The first-order valence-electron chi connectivity index (χ1n) is 8.71. The van der Waals surface area contributed by atoms with Gasteiger partial charge < -0.3 is 10.2 Å². The van der Waals surface area contributed by atoms with Crippen LogP contribution in [0.2, 0.25) is 0 Å². The Morgan fingerprint density at radius 2 is 1.57 bits per heavy atom. The molecule has 0 spiro atoms. The molecule has 3 nitrogen and oxygen atoms in total. The number of rotatable bonds is 15. The molecule has 0 aromatic heterocycles. The average Bonchev–Trinajstić information content (AvgIpc) is 2.45. The summed E-state index contributed by atoms with van der Waals surface area (Å²) in [5, 5.41) is 18.3. The Kier molecular flexibility index (Phi) is 14.9. The summed E-state index contributed by atoms with van der Waals surface area (Å²) in [5.74, 6) is -0.687. The van der Waals surface area contributed by atoms with E-state index in [2.05, 4.69) is 19.1 Å². The quantitative estimate of drug-likeness (QED) is 0.327. The van der Waals surface area contributed by atoms with Gasteiger partial charge in [0.25, 0.3) is 0 Å². The molecule has 0 aromatic carbocycles. The van der Waals surface area contributed by atoms with Crippen molar-refractivity contribution in [1.82, 2.24) is 0 Å². The first-order valence-corrected chi connectivity index (χ1v) is 8.71. The molecule has 0 amide bonds. The summed E-state index contributed by atoms with van der Waals surface area (Å²) in [6, 6.07) is 0. The number of allylic oxidation sites excluding steroid dienone is 1. The molecule has 0 radical (unpaired) electrons. The predicted octanol–water partition coefficient (Wildman–Crippen LogP) is 5.08. The smallest absolute Gasteiger partial charge is 0.303 e. The minimum atomic E-state index is -0.687. The Hall–Kier alpha value is -0.830. The number of aliphatic hydroxyl groups excluding tert-OH is 1. The van der Waals surface area contributed by atoms with Crippen molar-refractivity contribution in [3.05, 3.63) is 12.2 Å². The van der Waals surface area contributed by atoms with Crippen LogP contribution < -0.4 is 0 Å². The summed E-state index contributed by atoms with van der Waals surface area (Å²) in [5.41, 5.74) is 0. The molecule has 1 atom stereocenters. The molecule has 0 aliphatic carbocycles. The van der Waals surface area contributed by atoms with Crippen LogP contribution in [0.1, 0.15) is 90.4 Å². The lowest BCUT2D eigenvalue weighted by Crippen LogP contribution is -2.04. The lowest BCUT2D eigenvalue weighted by molar-refractivity contribution is -0.137. The van der Waals surface area contributed by atoms with E-state index >= 15 is 0 Å². The van der Waals surface area contributed by atoms with Crippen molar-refractivity contribution in [2.75, 3.05) is 0 Å². The number of unbranched alkanes of at least 4 members (excludes halogenated alkanes) is 8. The van der Waals surface area contributed by atoms with Crippen LogP contribution in [0.4, 0.5) is 0 Å². The molecule has 21 heavy (non-hydrogen) atoms. The molecule has 0 rings (SSSR count). The maximum absolute atomic E-state index is 10.3. The second-order valence-corrected chi connectivity index (χ2v) is 5.91. The molecule has 0 bridgehead atoms. The Labute approximate surface area is 130 Å². The largest absolute Gasteiger partial charge is 0.481 e. The van der Waals surface area contributed by atoms with Crippen LogP contribution in [-0.2, 0) is 4.79 Å². The highest BCUT2D eigenvalue weighted by Gasteiger charge is 2.01. The molecule has 0 aliphatic rings. The Bertz CT molecular complexity index is 261.